The molecule has 0 bridgehead atoms. The van der Waals surface area contributed by atoms with Crippen molar-refractivity contribution in [2.24, 2.45) is 0 Å². The largest absolute Gasteiger partial charge is 0.497 e. The molecule has 0 spiro atoms. The third kappa shape index (κ3) is 7.32. The van der Waals surface area contributed by atoms with Crippen LogP contribution < -0.4 is 4.74 Å². The van der Waals surface area contributed by atoms with Crippen LogP contribution in [0.2, 0.25) is 0 Å². The van der Waals surface area contributed by atoms with Crippen LogP contribution in [-0.4, -0.2) is 96.6 Å². The van der Waals surface area contributed by atoms with Gasteiger partial charge in [-0.2, -0.15) is 0 Å². The van der Waals surface area contributed by atoms with E-state index >= 15 is 0 Å². The fraction of sp³-hybridized carbons (Fsp3) is 0.586. The molecule has 9 nitrogen and oxygen atoms in total. The van der Waals surface area contributed by atoms with E-state index in [1.54, 1.807) is 47.3 Å². The van der Waals surface area contributed by atoms with Crippen molar-refractivity contribution in [3.63, 3.8) is 0 Å². The Kier molecular flexibility index (Phi) is 11.5. The molecule has 0 aliphatic carbocycles. The molecule has 2 heterocycles. The van der Waals surface area contributed by atoms with E-state index in [2.05, 4.69) is 0 Å². The van der Waals surface area contributed by atoms with Gasteiger partial charge in [-0.3, -0.25) is 0 Å². The molecule has 4 rings (SSSR count). The third-order valence-corrected chi connectivity index (χ3v) is 8.30. The highest BCUT2D eigenvalue weighted by Crippen LogP contribution is 2.36. The molecule has 2 saturated heterocycles. The Labute approximate surface area is 235 Å². The van der Waals surface area contributed by atoms with Gasteiger partial charge in [-0.25, -0.2) is 0 Å². The number of thioether (sulfide) groups is 1. The topological polar surface area (TPSA) is 83.1 Å². The van der Waals surface area contributed by atoms with Gasteiger partial charge in [0.25, 0.3) is 0 Å². The zero-order valence-corrected chi connectivity index (χ0v) is 24.2. The summed E-state index contributed by atoms with van der Waals surface area (Å²) in [7, 11) is 8.20. The zero-order chi connectivity index (χ0) is 27.8. The van der Waals surface area contributed by atoms with Crippen LogP contribution >= 0.6 is 11.8 Å². The molecular formula is C29H40O9S. The van der Waals surface area contributed by atoms with Crippen LogP contribution in [0.25, 0.3) is 0 Å². The maximum Gasteiger partial charge on any atom is 0.187 e. The van der Waals surface area contributed by atoms with Crippen molar-refractivity contribution in [3.05, 3.63) is 60.2 Å². The zero-order valence-electron chi connectivity index (χ0n) is 23.4. The highest BCUT2D eigenvalue weighted by molar-refractivity contribution is 7.99. The fourth-order valence-corrected chi connectivity index (χ4v) is 6.12. The predicted octanol–water partition coefficient (Wildman–Crippen LogP) is 3.92. The molecule has 2 aliphatic heterocycles. The van der Waals surface area contributed by atoms with Crippen LogP contribution in [0.1, 0.15) is 12.5 Å². The Bertz CT molecular complexity index is 978. The van der Waals surface area contributed by atoms with Crippen LogP contribution in [0, 0.1) is 0 Å². The Morgan fingerprint density at radius 3 is 2.08 bits per heavy atom. The van der Waals surface area contributed by atoms with Crippen LogP contribution in [0.5, 0.6) is 5.75 Å². The molecule has 10 heteroatoms. The third-order valence-electron chi connectivity index (χ3n) is 7.12. The minimum Gasteiger partial charge on any atom is -0.497 e. The Morgan fingerprint density at radius 2 is 1.46 bits per heavy atom. The van der Waals surface area contributed by atoms with Gasteiger partial charge in [0.05, 0.1) is 26.4 Å². The summed E-state index contributed by atoms with van der Waals surface area (Å²) in [5.74, 6) is 0.795. The van der Waals surface area contributed by atoms with Crippen LogP contribution in [-0.2, 0) is 44.5 Å². The van der Waals surface area contributed by atoms with Gasteiger partial charge in [0.15, 0.2) is 6.29 Å². The highest BCUT2D eigenvalue weighted by atomic mass is 32.2. The molecule has 216 valence electrons. The number of ether oxygens (including phenoxy) is 9. The van der Waals surface area contributed by atoms with Gasteiger partial charge < -0.3 is 42.6 Å². The van der Waals surface area contributed by atoms with Crippen molar-refractivity contribution in [3.8, 4) is 5.75 Å². The lowest BCUT2D eigenvalue weighted by Crippen LogP contribution is -2.63. The molecule has 39 heavy (non-hydrogen) atoms. The van der Waals surface area contributed by atoms with Gasteiger partial charge in [0, 0.05) is 33.3 Å². The molecule has 0 aromatic heterocycles. The number of benzene rings is 2. The summed E-state index contributed by atoms with van der Waals surface area (Å²) in [5, 5.41) is 0. The second-order valence-electron chi connectivity index (χ2n) is 9.44. The van der Waals surface area contributed by atoms with Crippen LogP contribution in [0.3, 0.4) is 0 Å². The second-order valence-corrected chi connectivity index (χ2v) is 10.6. The number of hydrogen-bond acceptors (Lipinski definition) is 10. The van der Waals surface area contributed by atoms with E-state index in [0.717, 1.165) is 16.2 Å². The van der Waals surface area contributed by atoms with Crippen molar-refractivity contribution < 1.29 is 42.6 Å². The summed E-state index contributed by atoms with van der Waals surface area (Å²) in [6.45, 7) is 2.69. The Hall–Kier alpha value is -1.73. The molecular weight excluding hydrogens is 524 g/mol. The summed E-state index contributed by atoms with van der Waals surface area (Å²) in [6.07, 6.45) is -3.69. The predicted molar refractivity (Wildman–Crippen MR) is 146 cm³/mol. The maximum absolute atomic E-state index is 6.61. The highest BCUT2D eigenvalue weighted by Gasteiger charge is 2.50. The van der Waals surface area contributed by atoms with E-state index in [9.17, 15) is 0 Å². The first-order valence-electron chi connectivity index (χ1n) is 13.0. The smallest absolute Gasteiger partial charge is 0.187 e. The van der Waals surface area contributed by atoms with E-state index < -0.39 is 30.7 Å². The molecule has 2 aromatic rings. The molecule has 2 aliphatic rings. The van der Waals surface area contributed by atoms with Crippen molar-refractivity contribution in [1.29, 1.82) is 0 Å². The number of methoxy groups -OCH3 is 5. The standard InChI is InChI=1S/C29H40O9S/c1-18-23(35-16-19-12-14-20(30-2)15-13-19)25(32-4)26(33-5)28(37-18)38-24-22(31-3)17-36-29(27(24)34-6)39-21-10-8-7-9-11-21/h7-15,18,22-29H,16-17H2,1-6H3/t18-,22+,23+,24+,25-,26+,27+,28+,29+/m0/s1. The van der Waals surface area contributed by atoms with Crippen molar-refractivity contribution in [1.82, 2.24) is 0 Å². The van der Waals surface area contributed by atoms with Gasteiger partial charge >= 0.3 is 0 Å². The summed E-state index contributed by atoms with van der Waals surface area (Å²) in [6, 6.07) is 17.8. The molecule has 9 atom stereocenters. The Balaban J connectivity index is 1.47. The van der Waals surface area contributed by atoms with Crippen molar-refractivity contribution in [2.45, 2.75) is 72.9 Å². The SMILES string of the molecule is COc1ccc(CO[C@H]2[C@H](OC)[C@@H](OC)[C@@H](O[C@H]3[C@@H](OC)[C@@H](Sc4ccccc4)OC[C@H]3OC)O[C@H]2C)cc1. The average molecular weight is 565 g/mol. The van der Waals surface area contributed by atoms with Crippen LogP contribution in [0.15, 0.2) is 59.5 Å². The summed E-state index contributed by atoms with van der Waals surface area (Å²) in [5.41, 5.74) is 0.717. The molecule has 2 fully saturated rings. The summed E-state index contributed by atoms with van der Waals surface area (Å²) < 4.78 is 54.1. The van der Waals surface area contributed by atoms with E-state index in [4.69, 9.17) is 42.6 Å². The monoisotopic (exact) mass is 564 g/mol. The first kappa shape index (κ1) is 30.2. The fourth-order valence-electron chi connectivity index (χ4n) is 4.99. The molecule has 0 radical (unpaired) electrons. The van der Waals surface area contributed by atoms with Gasteiger partial charge in [0.1, 0.15) is 47.8 Å². The average Bonchev–Trinajstić information content (AvgIpc) is 2.97. The van der Waals surface area contributed by atoms with E-state index in [1.807, 2.05) is 61.5 Å². The van der Waals surface area contributed by atoms with Crippen LogP contribution in [0.4, 0.5) is 0 Å². The molecule has 0 unspecified atom stereocenters. The molecule has 2 aromatic carbocycles. The van der Waals surface area contributed by atoms with Gasteiger partial charge in [0.2, 0.25) is 0 Å². The molecule has 0 amide bonds. The second kappa shape index (κ2) is 14.8. The number of rotatable bonds is 12. The van der Waals surface area contributed by atoms with E-state index in [0.29, 0.717) is 13.2 Å². The minimum atomic E-state index is -0.739. The van der Waals surface area contributed by atoms with Gasteiger partial charge in [-0.1, -0.05) is 42.1 Å². The quantitative estimate of drug-likeness (QED) is 0.378. The van der Waals surface area contributed by atoms with Crippen molar-refractivity contribution >= 4 is 11.8 Å². The summed E-state index contributed by atoms with van der Waals surface area (Å²) >= 11 is 1.59. The summed E-state index contributed by atoms with van der Waals surface area (Å²) in [4.78, 5) is 1.08. The normalized spacial score (nSPS) is 33.1. The Morgan fingerprint density at radius 1 is 0.769 bits per heavy atom. The lowest BCUT2D eigenvalue weighted by atomic mass is 9.98. The first-order chi connectivity index (χ1) is 19.0. The molecule has 0 saturated carbocycles. The van der Waals surface area contributed by atoms with E-state index in [1.165, 1.54) is 0 Å². The maximum atomic E-state index is 6.61. The van der Waals surface area contributed by atoms with Gasteiger partial charge in [-0.15, -0.1) is 0 Å². The number of hydrogen-bond donors (Lipinski definition) is 0. The first-order valence-corrected chi connectivity index (χ1v) is 13.9. The lowest BCUT2D eigenvalue weighted by molar-refractivity contribution is -0.339. The van der Waals surface area contributed by atoms with Crippen molar-refractivity contribution in [2.75, 3.05) is 42.2 Å². The lowest BCUT2D eigenvalue weighted by Gasteiger charge is -2.47. The molecule has 0 N–H and O–H groups in total. The van der Waals surface area contributed by atoms with E-state index in [-0.39, 0.29) is 23.7 Å². The minimum absolute atomic E-state index is 0.297. The van der Waals surface area contributed by atoms with Gasteiger partial charge in [-0.05, 0) is 36.8 Å².